The molecule has 9 N–H and O–H groups in total. The summed E-state index contributed by atoms with van der Waals surface area (Å²) in [5, 5.41) is 70.9. The molecule has 1 saturated heterocycles. The van der Waals surface area contributed by atoms with E-state index in [0.29, 0.717) is 27.8 Å². The molecule has 2 heterocycles. The lowest BCUT2D eigenvalue weighted by Gasteiger charge is -2.39. The normalized spacial score (nSPS) is 22.8. The number of fused-ring (bicyclic) bond motifs is 1. The standard InChI is InChI=1S/C39H39NO14/c40-26(38(49)50)14-20-3-1-4-21(13-20)24-5-2-6-25-28(17-32(45)54-37(24)25)51-29-15-23(43)16-30(52-39-36(48)35(47)34(46)31(18-41)53-39)33(29)27(44)12-9-19-7-10-22(42)11-8-19/h1-8,10-11,13,15-16,26,28,31,34-36,39,41-43,46-48H,9,12,14,17-18,40H2,(H,49,50)/t26-,28?,31+,34+,35-,36+,39+/m0/s1. The van der Waals surface area contributed by atoms with Gasteiger partial charge in [-0.05, 0) is 41.7 Å². The van der Waals surface area contributed by atoms with Crippen LogP contribution in [0.1, 0.15) is 46.0 Å². The summed E-state index contributed by atoms with van der Waals surface area (Å²) in [6, 6.07) is 19.4. The first kappa shape index (κ1) is 38.2. The van der Waals surface area contributed by atoms with Gasteiger partial charge in [0.25, 0.3) is 0 Å². The Morgan fingerprint density at radius 3 is 2.26 bits per heavy atom. The maximum absolute atomic E-state index is 14.1. The minimum atomic E-state index is -1.84. The topological polar surface area (TPSA) is 256 Å². The van der Waals surface area contributed by atoms with Crippen LogP contribution < -0.4 is 19.9 Å². The molecule has 1 unspecified atom stereocenters. The smallest absolute Gasteiger partial charge is 0.320 e. The van der Waals surface area contributed by atoms with E-state index in [-0.39, 0.29) is 54.2 Å². The molecule has 0 radical (unpaired) electrons. The molecule has 15 nitrogen and oxygen atoms in total. The molecule has 0 aliphatic carbocycles. The van der Waals surface area contributed by atoms with Crippen LogP contribution in [0.4, 0.5) is 0 Å². The molecule has 2 aliphatic rings. The lowest BCUT2D eigenvalue weighted by Crippen LogP contribution is -2.60. The molecule has 0 spiro atoms. The van der Waals surface area contributed by atoms with Crippen molar-refractivity contribution >= 4 is 17.7 Å². The molecular weight excluding hydrogens is 706 g/mol. The number of hydrogen-bond donors (Lipinski definition) is 8. The first-order chi connectivity index (χ1) is 25.8. The number of ether oxygens (including phenoxy) is 4. The number of carboxylic acids is 1. The van der Waals surface area contributed by atoms with Crippen molar-refractivity contribution < 1.29 is 69.1 Å². The van der Waals surface area contributed by atoms with E-state index in [4.69, 9.17) is 24.7 Å². The van der Waals surface area contributed by atoms with E-state index in [1.54, 1.807) is 54.6 Å². The Kier molecular flexibility index (Phi) is 11.5. The lowest BCUT2D eigenvalue weighted by atomic mass is 9.93. The Morgan fingerprint density at radius 1 is 0.852 bits per heavy atom. The van der Waals surface area contributed by atoms with Crippen LogP contribution >= 0.6 is 0 Å². The third-order valence-electron chi connectivity index (χ3n) is 9.24. The van der Waals surface area contributed by atoms with Crippen LogP contribution in [0.25, 0.3) is 11.1 Å². The Bertz CT molecular complexity index is 2020. The number of aliphatic hydroxyl groups is 4. The van der Waals surface area contributed by atoms with Crippen molar-refractivity contribution in [2.24, 2.45) is 5.73 Å². The molecule has 2 aliphatic heterocycles. The van der Waals surface area contributed by atoms with E-state index in [1.807, 2.05) is 0 Å². The number of nitrogens with two attached hydrogens (primary N) is 1. The number of carbonyl (C=O) groups is 3. The summed E-state index contributed by atoms with van der Waals surface area (Å²) in [7, 11) is 0. The quantitative estimate of drug-likeness (QED) is 0.0554. The highest BCUT2D eigenvalue weighted by atomic mass is 16.7. The fourth-order valence-electron chi connectivity index (χ4n) is 6.40. The number of aliphatic hydroxyl groups excluding tert-OH is 4. The van der Waals surface area contributed by atoms with Gasteiger partial charge in [-0.3, -0.25) is 14.4 Å². The second-order valence-corrected chi connectivity index (χ2v) is 13.1. The molecule has 4 aromatic rings. The highest BCUT2D eigenvalue weighted by molar-refractivity contribution is 6.02. The number of phenolic OH excluding ortho intramolecular Hbond substituents is 2. The second-order valence-electron chi connectivity index (χ2n) is 13.1. The predicted octanol–water partition coefficient (Wildman–Crippen LogP) is 2.14. The van der Waals surface area contributed by atoms with Gasteiger partial charge >= 0.3 is 11.9 Å². The van der Waals surface area contributed by atoms with Gasteiger partial charge in [0.05, 0.1) is 13.0 Å². The molecule has 54 heavy (non-hydrogen) atoms. The molecule has 284 valence electrons. The summed E-state index contributed by atoms with van der Waals surface area (Å²) in [6.07, 6.45) is -9.60. The van der Waals surface area contributed by atoms with Gasteiger partial charge in [-0.15, -0.1) is 0 Å². The zero-order chi connectivity index (χ0) is 38.7. The van der Waals surface area contributed by atoms with Crippen LogP contribution in [-0.2, 0) is 27.2 Å². The molecule has 7 atom stereocenters. The number of aryl methyl sites for hydroxylation is 1. The zero-order valence-electron chi connectivity index (χ0n) is 28.6. The minimum absolute atomic E-state index is 0.0408. The average Bonchev–Trinajstić information content (AvgIpc) is 3.14. The number of esters is 1. The van der Waals surface area contributed by atoms with Gasteiger partial charge in [0.15, 0.2) is 5.78 Å². The molecule has 0 saturated carbocycles. The van der Waals surface area contributed by atoms with Gasteiger partial charge in [-0.2, -0.15) is 0 Å². The SMILES string of the molecule is N[C@@H](Cc1cccc(-c2cccc3c2OC(=O)CC3Oc2cc(O)cc(O[C@@H]3O[C@H](CO)[C@@H](O)[C@H](O)[C@H]3O)c2C(=O)CCc2ccc(O)cc2)c1)C(=O)O. The van der Waals surface area contributed by atoms with Crippen molar-refractivity contribution in [3.8, 4) is 39.9 Å². The molecule has 1 fully saturated rings. The van der Waals surface area contributed by atoms with Crippen LogP contribution in [0.5, 0.6) is 28.7 Å². The van der Waals surface area contributed by atoms with Gasteiger partial charge in [0, 0.05) is 29.7 Å². The first-order valence-electron chi connectivity index (χ1n) is 17.1. The highest BCUT2D eigenvalue weighted by Crippen LogP contribution is 2.45. The van der Waals surface area contributed by atoms with E-state index in [1.165, 1.54) is 12.1 Å². The molecule has 15 heteroatoms. The number of rotatable bonds is 13. The van der Waals surface area contributed by atoms with Crippen LogP contribution in [0, 0.1) is 0 Å². The fraction of sp³-hybridized carbons (Fsp3) is 0.308. The van der Waals surface area contributed by atoms with E-state index in [2.05, 4.69) is 0 Å². The van der Waals surface area contributed by atoms with E-state index < -0.39 is 72.9 Å². The molecule has 0 aromatic heterocycles. The van der Waals surface area contributed by atoms with Crippen LogP contribution in [0.2, 0.25) is 0 Å². The van der Waals surface area contributed by atoms with Crippen molar-refractivity contribution in [2.45, 2.75) is 68.5 Å². The van der Waals surface area contributed by atoms with Crippen molar-refractivity contribution in [3.63, 3.8) is 0 Å². The maximum atomic E-state index is 14.1. The molecular formula is C39H39NO14. The summed E-state index contributed by atoms with van der Waals surface area (Å²) in [6.45, 7) is -0.739. The van der Waals surface area contributed by atoms with E-state index in [0.717, 1.165) is 12.1 Å². The zero-order valence-corrected chi connectivity index (χ0v) is 28.6. The van der Waals surface area contributed by atoms with Gasteiger partial charge in [0.2, 0.25) is 6.29 Å². The van der Waals surface area contributed by atoms with E-state index in [9.17, 15) is 50.1 Å². The summed E-state index contributed by atoms with van der Waals surface area (Å²) in [5.41, 5.74) is 8.41. The first-order valence-corrected chi connectivity index (χ1v) is 17.1. The number of para-hydroxylation sites is 1. The Hall–Kier alpha value is -5.55. The van der Waals surface area contributed by atoms with Crippen LogP contribution in [0.3, 0.4) is 0 Å². The van der Waals surface area contributed by atoms with E-state index >= 15 is 0 Å². The third-order valence-corrected chi connectivity index (χ3v) is 9.24. The third kappa shape index (κ3) is 8.31. The summed E-state index contributed by atoms with van der Waals surface area (Å²) in [5.74, 6) is -3.14. The number of aromatic hydroxyl groups is 2. The number of hydrogen-bond acceptors (Lipinski definition) is 14. The number of carbonyl (C=O) groups excluding carboxylic acids is 2. The fourth-order valence-corrected chi connectivity index (χ4v) is 6.40. The highest BCUT2D eigenvalue weighted by Gasteiger charge is 2.45. The average molecular weight is 746 g/mol. The number of aliphatic carboxylic acids is 1. The Morgan fingerprint density at radius 2 is 1.56 bits per heavy atom. The van der Waals surface area contributed by atoms with Gasteiger partial charge in [-0.1, -0.05) is 54.6 Å². The largest absolute Gasteiger partial charge is 0.508 e. The summed E-state index contributed by atoms with van der Waals surface area (Å²) >= 11 is 0. The van der Waals surface area contributed by atoms with Crippen molar-refractivity contribution in [1.29, 1.82) is 0 Å². The van der Waals surface area contributed by atoms with Gasteiger partial charge < -0.3 is 60.4 Å². The summed E-state index contributed by atoms with van der Waals surface area (Å²) < 4.78 is 23.5. The maximum Gasteiger partial charge on any atom is 0.320 e. The monoisotopic (exact) mass is 745 g/mol. The second kappa shape index (κ2) is 16.2. The summed E-state index contributed by atoms with van der Waals surface area (Å²) in [4.78, 5) is 38.5. The number of carboxylic acid groups (broad SMARTS) is 1. The lowest BCUT2D eigenvalue weighted by molar-refractivity contribution is -0.277. The molecule has 4 aromatic carbocycles. The number of ketones is 1. The molecule has 0 bridgehead atoms. The molecule has 0 amide bonds. The van der Waals surface area contributed by atoms with Crippen LogP contribution in [0.15, 0.2) is 78.9 Å². The van der Waals surface area contributed by atoms with Gasteiger partial charge in [0.1, 0.15) is 70.9 Å². The Labute approximate surface area is 308 Å². The number of phenols is 2. The Balaban J connectivity index is 1.37. The number of benzene rings is 4. The van der Waals surface area contributed by atoms with Gasteiger partial charge in [-0.25, -0.2) is 0 Å². The van der Waals surface area contributed by atoms with Crippen LogP contribution in [-0.4, -0.2) is 96.8 Å². The van der Waals surface area contributed by atoms with Crippen molar-refractivity contribution in [2.75, 3.05) is 6.61 Å². The minimum Gasteiger partial charge on any atom is -0.508 e. The predicted molar refractivity (Wildman–Crippen MR) is 188 cm³/mol. The molecule has 6 rings (SSSR count). The van der Waals surface area contributed by atoms with Crippen molar-refractivity contribution in [3.05, 3.63) is 101 Å². The van der Waals surface area contributed by atoms with Crippen molar-refractivity contribution in [1.82, 2.24) is 0 Å². The number of Topliss-reactive ketones (excluding diaryl/α,β-unsaturated/α-hetero) is 1.